The van der Waals surface area contributed by atoms with Crippen LogP contribution in [0.25, 0.3) is 5.65 Å². The summed E-state index contributed by atoms with van der Waals surface area (Å²) < 4.78 is 2.00. The monoisotopic (exact) mass is 235 g/mol. The molecule has 2 rings (SSSR count). The van der Waals surface area contributed by atoms with Gasteiger partial charge in [-0.15, -0.1) is 0 Å². The van der Waals surface area contributed by atoms with Crippen LogP contribution in [0.15, 0.2) is 29.6 Å². The Morgan fingerprint density at radius 3 is 3.06 bits per heavy atom. The van der Waals surface area contributed by atoms with E-state index in [-0.39, 0.29) is 0 Å². The molecular weight excluding hydrogens is 222 g/mol. The molecule has 84 valence electrons. The number of rotatable bonds is 2. The number of pyridine rings is 1. The van der Waals surface area contributed by atoms with E-state index in [0.717, 1.165) is 11.3 Å². The van der Waals surface area contributed by atoms with Gasteiger partial charge in [0.1, 0.15) is 5.65 Å². The Hall–Kier alpha value is -1.69. The summed E-state index contributed by atoms with van der Waals surface area (Å²) in [6.45, 7) is 2.05. The van der Waals surface area contributed by atoms with Crippen LogP contribution in [0.5, 0.6) is 0 Å². The van der Waals surface area contributed by atoms with E-state index >= 15 is 0 Å². The third kappa shape index (κ3) is 2.27. The first-order valence-electron chi connectivity index (χ1n) is 4.79. The Morgan fingerprint density at radius 1 is 1.50 bits per heavy atom. The quantitative estimate of drug-likeness (QED) is 0.353. The molecule has 6 heteroatoms. The van der Waals surface area contributed by atoms with Gasteiger partial charge in [-0.25, -0.2) is 4.98 Å². The summed E-state index contributed by atoms with van der Waals surface area (Å²) in [5.41, 5.74) is 8.59. The zero-order valence-corrected chi connectivity index (χ0v) is 9.74. The number of hydrazone groups is 1. The molecule has 0 aliphatic rings. The fourth-order valence-corrected chi connectivity index (χ4v) is 1.92. The molecule has 0 radical (unpaired) electrons. The Balaban J connectivity index is 2.20. The highest BCUT2D eigenvalue weighted by atomic mass is 32.2. The molecule has 0 aliphatic heterocycles. The second-order valence-electron chi connectivity index (χ2n) is 3.46. The van der Waals surface area contributed by atoms with Gasteiger partial charge in [0.2, 0.25) is 0 Å². The van der Waals surface area contributed by atoms with Crippen molar-refractivity contribution in [3.05, 3.63) is 35.8 Å². The molecule has 0 spiro atoms. The summed E-state index contributed by atoms with van der Waals surface area (Å²) in [5.74, 6) is 5.72. The zero-order valence-electron chi connectivity index (χ0n) is 8.92. The molecule has 0 saturated carbocycles. The van der Waals surface area contributed by atoms with E-state index < -0.39 is 0 Å². The molecule has 0 saturated heterocycles. The number of nitrogens with zero attached hydrogens (tertiary/aromatic N) is 3. The maximum Gasteiger partial charge on any atom is 0.177 e. The second-order valence-corrected chi connectivity index (χ2v) is 4.46. The minimum Gasteiger partial charge on any atom is -0.377 e. The predicted octanol–water partition coefficient (Wildman–Crippen LogP) is 1.06. The van der Waals surface area contributed by atoms with Crippen molar-refractivity contribution in [2.75, 3.05) is 0 Å². The average molecular weight is 235 g/mol. The normalized spacial score (nSPS) is 12.2. The summed E-state index contributed by atoms with van der Waals surface area (Å²) in [6, 6.07) is 4.03. The van der Waals surface area contributed by atoms with Crippen molar-refractivity contribution < 1.29 is 0 Å². The molecule has 0 amide bonds. The number of thioether (sulfide) groups is 1. The Kier molecular flexibility index (Phi) is 3.00. The summed E-state index contributed by atoms with van der Waals surface area (Å²) in [4.78, 5) is 4.45. The number of amidine groups is 1. The van der Waals surface area contributed by atoms with Gasteiger partial charge in [-0.05, 0) is 18.6 Å². The number of nitrogens with two attached hydrogens (primary N) is 2. The molecule has 0 bridgehead atoms. The van der Waals surface area contributed by atoms with E-state index in [1.54, 1.807) is 0 Å². The Morgan fingerprint density at radius 2 is 2.31 bits per heavy atom. The minimum atomic E-state index is 0.369. The zero-order chi connectivity index (χ0) is 11.5. The van der Waals surface area contributed by atoms with Crippen LogP contribution >= 0.6 is 11.8 Å². The van der Waals surface area contributed by atoms with Crippen LogP contribution in [0, 0.1) is 6.92 Å². The van der Waals surface area contributed by atoms with Crippen molar-refractivity contribution in [2.45, 2.75) is 12.7 Å². The number of hydrogen-bond acceptors (Lipinski definition) is 4. The number of hydrogen-bond donors (Lipinski definition) is 2. The summed E-state index contributed by atoms with van der Waals surface area (Å²) in [7, 11) is 0. The first-order chi connectivity index (χ1) is 7.69. The second kappa shape index (κ2) is 4.44. The lowest BCUT2D eigenvalue weighted by atomic mass is 10.3. The van der Waals surface area contributed by atoms with Crippen molar-refractivity contribution in [1.29, 1.82) is 0 Å². The van der Waals surface area contributed by atoms with Crippen LogP contribution in [-0.4, -0.2) is 14.6 Å². The Labute approximate surface area is 97.5 Å². The third-order valence-corrected chi connectivity index (χ3v) is 2.99. The minimum absolute atomic E-state index is 0.369. The SMILES string of the molecule is Cc1ccc2nc(CSC(N)=NN)cn2c1. The van der Waals surface area contributed by atoms with Gasteiger partial charge < -0.3 is 16.0 Å². The lowest BCUT2D eigenvalue weighted by molar-refractivity contribution is 1.15. The van der Waals surface area contributed by atoms with Gasteiger partial charge in [-0.2, -0.15) is 5.10 Å². The van der Waals surface area contributed by atoms with E-state index in [0.29, 0.717) is 10.9 Å². The highest BCUT2D eigenvalue weighted by molar-refractivity contribution is 8.13. The molecule has 0 atom stereocenters. The lowest BCUT2D eigenvalue weighted by Gasteiger charge is -1.94. The number of aryl methyl sites for hydroxylation is 1. The molecule has 4 N–H and O–H groups in total. The number of imidazole rings is 1. The topological polar surface area (TPSA) is 81.7 Å². The summed E-state index contributed by atoms with van der Waals surface area (Å²) >= 11 is 1.38. The number of fused-ring (bicyclic) bond motifs is 1. The van der Waals surface area contributed by atoms with Crippen molar-refractivity contribution in [3.63, 3.8) is 0 Å². The largest absolute Gasteiger partial charge is 0.377 e. The summed E-state index contributed by atoms with van der Waals surface area (Å²) in [5, 5.41) is 3.76. The van der Waals surface area contributed by atoms with E-state index in [9.17, 15) is 0 Å². The molecule has 5 nitrogen and oxygen atoms in total. The van der Waals surface area contributed by atoms with Crippen LogP contribution < -0.4 is 11.6 Å². The molecule has 0 fully saturated rings. The maximum atomic E-state index is 5.49. The molecule has 16 heavy (non-hydrogen) atoms. The molecule has 2 aromatic rings. The standard InChI is InChI=1S/C10H13N5S/c1-7-2-3-9-13-8(5-15(9)4-7)6-16-10(11)14-12/h2-5H,6,12H2,1H3,(H2,11,14). The van der Waals surface area contributed by atoms with Crippen molar-refractivity contribution >= 4 is 22.6 Å². The van der Waals surface area contributed by atoms with Gasteiger partial charge in [-0.1, -0.05) is 17.8 Å². The summed E-state index contributed by atoms with van der Waals surface area (Å²) in [6.07, 6.45) is 4.02. The third-order valence-electron chi connectivity index (χ3n) is 2.14. The smallest absolute Gasteiger partial charge is 0.177 e. The first kappa shape index (κ1) is 10.8. The lowest BCUT2D eigenvalue weighted by Crippen LogP contribution is -2.09. The molecular formula is C10H13N5S. The van der Waals surface area contributed by atoms with E-state index in [4.69, 9.17) is 11.6 Å². The van der Waals surface area contributed by atoms with Crippen LogP contribution in [-0.2, 0) is 5.75 Å². The van der Waals surface area contributed by atoms with E-state index in [1.165, 1.54) is 17.3 Å². The van der Waals surface area contributed by atoms with Gasteiger partial charge in [0.25, 0.3) is 0 Å². The fourth-order valence-electron chi connectivity index (χ4n) is 1.41. The molecule has 2 heterocycles. The first-order valence-corrected chi connectivity index (χ1v) is 5.78. The van der Waals surface area contributed by atoms with Crippen molar-refractivity contribution in [1.82, 2.24) is 9.38 Å². The van der Waals surface area contributed by atoms with Gasteiger partial charge in [0, 0.05) is 18.1 Å². The number of aromatic nitrogens is 2. The Bertz CT molecular complexity index is 531. The molecule has 0 aromatic carbocycles. The van der Waals surface area contributed by atoms with Crippen LogP contribution in [0.2, 0.25) is 0 Å². The highest BCUT2D eigenvalue weighted by Gasteiger charge is 2.02. The van der Waals surface area contributed by atoms with Crippen molar-refractivity contribution in [2.24, 2.45) is 16.7 Å². The molecule has 0 aliphatic carbocycles. The molecule has 0 unspecified atom stereocenters. The van der Waals surface area contributed by atoms with Gasteiger partial charge in [-0.3, -0.25) is 0 Å². The highest BCUT2D eigenvalue weighted by Crippen LogP contribution is 2.13. The van der Waals surface area contributed by atoms with Crippen LogP contribution in [0.1, 0.15) is 11.3 Å². The van der Waals surface area contributed by atoms with Crippen molar-refractivity contribution in [3.8, 4) is 0 Å². The van der Waals surface area contributed by atoms with Gasteiger partial charge in [0.15, 0.2) is 5.17 Å². The predicted molar refractivity (Wildman–Crippen MR) is 67.0 cm³/mol. The molecule has 2 aromatic heterocycles. The van der Waals surface area contributed by atoms with Crippen LogP contribution in [0.3, 0.4) is 0 Å². The van der Waals surface area contributed by atoms with Gasteiger partial charge >= 0.3 is 0 Å². The van der Waals surface area contributed by atoms with Crippen LogP contribution in [0.4, 0.5) is 0 Å². The van der Waals surface area contributed by atoms with E-state index in [2.05, 4.69) is 10.1 Å². The maximum absolute atomic E-state index is 5.49. The average Bonchev–Trinajstić information content (AvgIpc) is 2.67. The fraction of sp³-hybridized carbons (Fsp3) is 0.200. The van der Waals surface area contributed by atoms with Gasteiger partial charge in [0.05, 0.1) is 5.69 Å². The van der Waals surface area contributed by atoms with E-state index in [1.807, 2.05) is 35.9 Å².